The minimum atomic E-state index is -3.01. The fraction of sp³-hybridized carbons (Fsp3) is 0. The molecule has 0 aliphatic heterocycles. The third-order valence-corrected chi connectivity index (χ3v) is 18.2. The standard InChI is InChI=1S/C58H38N2Si/c1-3-20-44(21-4-1)61(45-22-5-2-6-23-45,56-36-41-18-13-16-39-32-33-40-17-14-28-50(56)58(40)57(39)41)46-24-15-19-42(37-46)59-54-31-12-9-27-49(54)51-38-43(34-35-55(51)59)60-52-29-10-7-25-47(52)48-26-8-11-30-53(48)60/h1-38H. The number of benzene rings is 11. The number of nitrogens with zero attached hydrogens (tertiary/aromatic N) is 2. The van der Waals surface area contributed by atoms with Crippen molar-refractivity contribution in [2.45, 2.75) is 0 Å². The Bertz CT molecular complexity index is 3730. The molecule has 0 spiro atoms. The zero-order valence-corrected chi connectivity index (χ0v) is 34.3. The maximum atomic E-state index is 2.54. The average Bonchev–Trinajstić information content (AvgIpc) is 3.85. The van der Waals surface area contributed by atoms with E-state index in [1.54, 1.807) is 0 Å². The van der Waals surface area contributed by atoms with Crippen LogP contribution in [0.1, 0.15) is 0 Å². The number of hydrogen-bond acceptors (Lipinski definition) is 0. The third kappa shape index (κ3) is 4.84. The van der Waals surface area contributed by atoms with E-state index in [-0.39, 0.29) is 0 Å². The van der Waals surface area contributed by atoms with Crippen LogP contribution in [0.3, 0.4) is 0 Å². The van der Waals surface area contributed by atoms with Crippen LogP contribution in [0.2, 0.25) is 0 Å². The molecule has 0 aliphatic rings. The lowest BCUT2D eigenvalue weighted by Crippen LogP contribution is -2.75. The molecule has 3 heteroatoms. The minimum Gasteiger partial charge on any atom is -0.309 e. The number of rotatable bonds is 6. The van der Waals surface area contributed by atoms with Gasteiger partial charge in [0.1, 0.15) is 0 Å². The van der Waals surface area contributed by atoms with E-state index in [9.17, 15) is 0 Å². The molecule has 284 valence electrons. The first-order valence-corrected chi connectivity index (χ1v) is 23.2. The first-order valence-electron chi connectivity index (χ1n) is 21.2. The molecule has 0 radical (unpaired) electrons. The lowest BCUT2D eigenvalue weighted by Gasteiger charge is -2.36. The van der Waals surface area contributed by atoms with E-state index in [4.69, 9.17) is 0 Å². The van der Waals surface area contributed by atoms with Crippen LogP contribution >= 0.6 is 0 Å². The first-order chi connectivity index (χ1) is 30.3. The van der Waals surface area contributed by atoms with Crippen molar-refractivity contribution in [2.24, 2.45) is 0 Å². The fourth-order valence-electron chi connectivity index (χ4n) is 10.9. The molecule has 13 aromatic rings. The van der Waals surface area contributed by atoms with E-state index in [0.29, 0.717) is 0 Å². The van der Waals surface area contributed by atoms with Gasteiger partial charge in [-0.1, -0.05) is 182 Å². The highest BCUT2D eigenvalue weighted by atomic mass is 28.3. The SMILES string of the molecule is c1ccc([Si](c2ccccc2)(c2cccc(-n3c4ccccc4c4cc(-n5c6ccccc6c6ccccc65)ccc43)c2)c2cc3cccc4ccc5cccc2c5c43)cc1. The maximum Gasteiger partial charge on any atom is 0.180 e. The molecule has 0 atom stereocenters. The van der Waals surface area contributed by atoms with Gasteiger partial charge in [0, 0.05) is 32.9 Å². The molecule has 0 amide bonds. The first kappa shape index (κ1) is 34.2. The van der Waals surface area contributed by atoms with Gasteiger partial charge >= 0.3 is 0 Å². The molecule has 0 aliphatic carbocycles. The highest BCUT2D eigenvalue weighted by molar-refractivity contribution is 7.20. The van der Waals surface area contributed by atoms with E-state index >= 15 is 0 Å². The molecule has 2 aromatic heterocycles. The van der Waals surface area contributed by atoms with Crippen molar-refractivity contribution in [3.8, 4) is 11.4 Å². The van der Waals surface area contributed by atoms with E-state index in [1.165, 1.54) is 96.7 Å². The van der Waals surface area contributed by atoms with Crippen LogP contribution in [0.25, 0.3) is 87.3 Å². The van der Waals surface area contributed by atoms with Crippen LogP contribution in [0.4, 0.5) is 0 Å². The molecule has 61 heavy (non-hydrogen) atoms. The highest BCUT2D eigenvalue weighted by Gasteiger charge is 2.43. The Morgan fingerprint density at radius 2 is 0.721 bits per heavy atom. The smallest absolute Gasteiger partial charge is 0.180 e. The van der Waals surface area contributed by atoms with Crippen molar-refractivity contribution >= 4 is 105 Å². The molecule has 0 unspecified atom stereocenters. The number of fused-ring (bicyclic) bond motifs is 6. The van der Waals surface area contributed by atoms with Gasteiger partial charge in [-0.25, -0.2) is 0 Å². The molecular formula is C58H38N2Si. The second-order valence-electron chi connectivity index (χ2n) is 16.4. The van der Waals surface area contributed by atoms with Crippen LogP contribution in [-0.2, 0) is 0 Å². The summed E-state index contributed by atoms with van der Waals surface area (Å²) < 4.78 is 4.92. The van der Waals surface area contributed by atoms with Gasteiger partial charge in [-0.15, -0.1) is 0 Å². The van der Waals surface area contributed by atoms with E-state index < -0.39 is 8.07 Å². The normalized spacial score (nSPS) is 12.3. The predicted octanol–water partition coefficient (Wildman–Crippen LogP) is 12.2. The van der Waals surface area contributed by atoms with Gasteiger partial charge in [0.2, 0.25) is 0 Å². The third-order valence-electron chi connectivity index (χ3n) is 13.4. The summed E-state index contributed by atoms with van der Waals surface area (Å²) in [4.78, 5) is 0. The molecule has 2 nitrogen and oxygen atoms in total. The topological polar surface area (TPSA) is 9.86 Å². The second-order valence-corrected chi connectivity index (χ2v) is 20.2. The molecule has 0 saturated carbocycles. The highest BCUT2D eigenvalue weighted by Crippen LogP contribution is 2.38. The van der Waals surface area contributed by atoms with Gasteiger partial charge in [0.05, 0.1) is 22.1 Å². The van der Waals surface area contributed by atoms with Crippen molar-refractivity contribution < 1.29 is 0 Å². The summed E-state index contributed by atoms with van der Waals surface area (Å²) in [5, 5.41) is 18.4. The summed E-state index contributed by atoms with van der Waals surface area (Å²) in [6.07, 6.45) is 0. The van der Waals surface area contributed by atoms with Crippen molar-refractivity contribution in [1.82, 2.24) is 9.13 Å². The Balaban J connectivity index is 1.10. The molecule has 0 saturated heterocycles. The van der Waals surface area contributed by atoms with Crippen molar-refractivity contribution in [3.63, 3.8) is 0 Å². The van der Waals surface area contributed by atoms with Crippen molar-refractivity contribution in [1.29, 1.82) is 0 Å². The summed E-state index contributed by atoms with van der Waals surface area (Å²) in [7, 11) is -3.01. The molecule has 13 rings (SSSR count). The minimum absolute atomic E-state index is 1.16. The van der Waals surface area contributed by atoms with Gasteiger partial charge in [0.25, 0.3) is 0 Å². The number of para-hydroxylation sites is 3. The molecule has 0 N–H and O–H groups in total. The zero-order chi connectivity index (χ0) is 40.1. The van der Waals surface area contributed by atoms with Crippen LogP contribution in [-0.4, -0.2) is 17.2 Å². The summed E-state index contributed by atoms with van der Waals surface area (Å²) >= 11 is 0. The van der Waals surface area contributed by atoms with E-state index in [1.807, 2.05) is 0 Å². The van der Waals surface area contributed by atoms with E-state index in [0.717, 1.165) is 11.4 Å². The van der Waals surface area contributed by atoms with Crippen molar-refractivity contribution in [2.75, 3.05) is 0 Å². The van der Waals surface area contributed by atoms with E-state index in [2.05, 4.69) is 240 Å². The van der Waals surface area contributed by atoms with Gasteiger partial charge in [0.15, 0.2) is 8.07 Å². The van der Waals surface area contributed by atoms with Crippen molar-refractivity contribution in [3.05, 3.63) is 231 Å². The Hall–Kier alpha value is -7.72. The van der Waals surface area contributed by atoms with Crippen LogP contribution in [0.5, 0.6) is 0 Å². The second kappa shape index (κ2) is 13.1. The summed E-state index contributed by atoms with van der Waals surface area (Å²) in [5.74, 6) is 0. The van der Waals surface area contributed by atoms with Gasteiger partial charge in [-0.3, -0.25) is 0 Å². The Morgan fingerprint density at radius 1 is 0.262 bits per heavy atom. The molecular weight excluding hydrogens is 753 g/mol. The lowest BCUT2D eigenvalue weighted by molar-refractivity contribution is 1.17. The number of aromatic nitrogens is 2. The Kier molecular flexibility index (Phi) is 7.36. The fourth-order valence-corrected chi connectivity index (χ4v) is 15.9. The predicted molar refractivity (Wildman–Crippen MR) is 262 cm³/mol. The largest absolute Gasteiger partial charge is 0.309 e. The molecule has 0 fully saturated rings. The lowest BCUT2D eigenvalue weighted by atomic mass is 9.94. The summed E-state index contributed by atoms with van der Waals surface area (Å²) in [5.41, 5.74) is 7.15. The quantitative estimate of drug-likeness (QED) is 0.0902. The van der Waals surface area contributed by atoms with Crippen LogP contribution in [0, 0.1) is 0 Å². The number of hydrogen-bond donors (Lipinski definition) is 0. The molecule has 2 heterocycles. The van der Waals surface area contributed by atoms with Gasteiger partial charge < -0.3 is 9.13 Å². The van der Waals surface area contributed by atoms with Gasteiger partial charge in [-0.05, 0) is 102 Å². The van der Waals surface area contributed by atoms with Crippen LogP contribution < -0.4 is 20.7 Å². The summed E-state index contributed by atoms with van der Waals surface area (Å²) in [6.45, 7) is 0. The summed E-state index contributed by atoms with van der Waals surface area (Å²) in [6, 6.07) is 86.6. The monoisotopic (exact) mass is 790 g/mol. The molecule has 11 aromatic carbocycles. The molecule has 0 bridgehead atoms. The van der Waals surface area contributed by atoms with Gasteiger partial charge in [-0.2, -0.15) is 0 Å². The Labute approximate surface area is 354 Å². The maximum absolute atomic E-state index is 3.01. The zero-order valence-electron chi connectivity index (χ0n) is 33.3. The Morgan fingerprint density at radius 3 is 1.36 bits per heavy atom. The van der Waals surface area contributed by atoms with Crippen LogP contribution in [0.15, 0.2) is 231 Å². The average molecular weight is 791 g/mol.